The van der Waals surface area contributed by atoms with Crippen LogP contribution in [0.2, 0.25) is 0 Å². The lowest BCUT2D eigenvalue weighted by Gasteiger charge is -2.32. The molecule has 0 aliphatic heterocycles. The van der Waals surface area contributed by atoms with Gasteiger partial charge in [-0.15, -0.1) is 24.0 Å². The number of amides is 1. The summed E-state index contributed by atoms with van der Waals surface area (Å²) in [4.78, 5) is 17.1. The molecule has 2 rings (SSSR count). The third-order valence-electron chi connectivity index (χ3n) is 6.46. The van der Waals surface area contributed by atoms with Crippen molar-refractivity contribution in [3.63, 3.8) is 0 Å². The molecule has 0 bridgehead atoms. The van der Waals surface area contributed by atoms with Crippen LogP contribution in [0.5, 0.6) is 0 Å². The molecule has 0 heterocycles. The number of aliphatic hydroxyl groups is 1. The van der Waals surface area contributed by atoms with Gasteiger partial charge in [-0.1, -0.05) is 38.8 Å². The summed E-state index contributed by atoms with van der Waals surface area (Å²) in [5.41, 5.74) is 1.98. The smallest absolute Gasteiger partial charge is 0.227 e. The minimum Gasteiger partial charge on any atom is -0.396 e. The highest BCUT2D eigenvalue weighted by Gasteiger charge is 2.25. The highest BCUT2D eigenvalue weighted by molar-refractivity contribution is 14.0. The van der Waals surface area contributed by atoms with Gasteiger partial charge in [-0.05, 0) is 62.1 Å². The Balaban J connectivity index is 0.00000480. The fourth-order valence-electron chi connectivity index (χ4n) is 4.14. The lowest BCUT2D eigenvalue weighted by Crippen LogP contribution is -2.43. The molecule has 176 valence electrons. The fourth-order valence-corrected chi connectivity index (χ4v) is 4.14. The molecule has 1 aromatic rings. The van der Waals surface area contributed by atoms with Gasteiger partial charge in [0, 0.05) is 31.3 Å². The van der Waals surface area contributed by atoms with Crippen LogP contribution in [-0.2, 0) is 11.3 Å². The molecule has 1 aromatic carbocycles. The van der Waals surface area contributed by atoms with Gasteiger partial charge < -0.3 is 21.1 Å². The Bertz CT molecular complexity index is 686. The summed E-state index contributed by atoms with van der Waals surface area (Å²) in [5.74, 6) is 1.08. The molecule has 31 heavy (non-hydrogen) atoms. The Morgan fingerprint density at radius 3 is 2.48 bits per heavy atom. The average Bonchev–Trinajstić information content (AvgIpc) is 3.30. The van der Waals surface area contributed by atoms with Crippen molar-refractivity contribution in [2.24, 2.45) is 16.3 Å². The Kier molecular flexibility index (Phi) is 13.1. The molecule has 6 nitrogen and oxygen atoms in total. The number of hydrogen-bond donors (Lipinski definition) is 4. The van der Waals surface area contributed by atoms with E-state index >= 15 is 0 Å². The van der Waals surface area contributed by atoms with Crippen LogP contribution in [0.1, 0.15) is 71.3 Å². The lowest BCUT2D eigenvalue weighted by molar-refractivity contribution is -0.119. The van der Waals surface area contributed by atoms with E-state index in [2.05, 4.69) is 36.7 Å². The SMILES string of the molecule is CCNC(=NCc1cccc(NC(=O)C2CCCC2)c1)NCC(CC)(CC)CCO.I. The van der Waals surface area contributed by atoms with Gasteiger partial charge in [-0.3, -0.25) is 4.79 Å². The number of carbonyl (C=O) groups excluding carboxylic acids is 1. The zero-order valence-corrected chi connectivity index (χ0v) is 21.7. The van der Waals surface area contributed by atoms with Gasteiger partial charge in [0.15, 0.2) is 5.96 Å². The number of guanidine groups is 1. The van der Waals surface area contributed by atoms with Crippen LogP contribution in [0, 0.1) is 11.3 Å². The minimum absolute atomic E-state index is 0. The molecule has 1 saturated carbocycles. The first-order valence-electron chi connectivity index (χ1n) is 11.6. The lowest BCUT2D eigenvalue weighted by atomic mass is 9.79. The van der Waals surface area contributed by atoms with E-state index in [1.165, 1.54) is 0 Å². The number of aliphatic hydroxyl groups excluding tert-OH is 1. The van der Waals surface area contributed by atoms with Crippen LogP contribution in [0.25, 0.3) is 0 Å². The molecule has 0 spiro atoms. The predicted molar refractivity (Wildman–Crippen MR) is 140 cm³/mol. The topological polar surface area (TPSA) is 85.8 Å². The number of benzene rings is 1. The number of aliphatic imine (C=N–C) groups is 1. The highest BCUT2D eigenvalue weighted by atomic mass is 127. The largest absolute Gasteiger partial charge is 0.396 e. The Morgan fingerprint density at radius 1 is 1.16 bits per heavy atom. The first-order chi connectivity index (χ1) is 14.6. The highest BCUT2D eigenvalue weighted by Crippen LogP contribution is 2.29. The molecular weight excluding hydrogens is 503 g/mol. The molecule has 0 saturated heterocycles. The number of hydrogen-bond acceptors (Lipinski definition) is 3. The fraction of sp³-hybridized carbons (Fsp3) is 0.667. The monoisotopic (exact) mass is 544 g/mol. The third kappa shape index (κ3) is 8.96. The van der Waals surface area contributed by atoms with Gasteiger partial charge in [0.1, 0.15) is 0 Å². The summed E-state index contributed by atoms with van der Waals surface area (Å²) in [6, 6.07) is 7.95. The molecular formula is C24H41IN4O2. The van der Waals surface area contributed by atoms with Crippen LogP contribution in [0.3, 0.4) is 0 Å². The molecule has 0 aromatic heterocycles. The van der Waals surface area contributed by atoms with E-state index in [0.29, 0.717) is 6.54 Å². The van der Waals surface area contributed by atoms with E-state index in [-0.39, 0.29) is 47.8 Å². The van der Waals surface area contributed by atoms with E-state index in [4.69, 9.17) is 4.99 Å². The molecule has 7 heteroatoms. The third-order valence-corrected chi connectivity index (χ3v) is 6.46. The van der Waals surface area contributed by atoms with Crippen molar-refractivity contribution in [1.82, 2.24) is 10.6 Å². The zero-order chi connectivity index (χ0) is 21.8. The zero-order valence-electron chi connectivity index (χ0n) is 19.4. The second-order valence-electron chi connectivity index (χ2n) is 8.40. The summed E-state index contributed by atoms with van der Waals surface area (Å²) in [5, 5.41) is 19.3. The van der Waals surface area contributed by atoms with Crippen molar-refractivity contribution in [1.29, 1.82) is 0 Å². The molecule has 1 amide bonds. The van der Waals surface area contributed by atoms with E-state index < -0.39 is 0 Å². The number of rotatable bonds is 11. The maximum absolute atomic E-state index is 12.4. The average molecular weight is 545 g/mol. The van der Waals surface area contributed by atoms with Crippen molar-refractivity contribution < 1.29 is 9.90 Å². The van der Waals surface area contributed by atoms with Crippen molar-refractivity contribution in [2.75, 3.05) is 25.0 Å². The summed E-state index contributed by atoms with van der Waals surface area (Å²) >= 11 is 0. The van der Waals surface area contributed by atoms with E-state index in [1.807, 2.05) is 24.3 Å². The summed E-state index contributed by atoms with van der Waals surface area (Å²) in [6.45, 7) is 8.71. The van der Waals surface area contributed by atoms with Crippen molar-refractivity contribution >= 4 is 41.5 Å². The molecule has 1 fully saturated rings. The number of anilines is 1. The summed E-state index contributed by atoms with van der Waals surface area (Å²) in [6.07, 6.45) is 7.13. The van der Waals surface area contributed by atoms with Crippen LogP contribution >= 0.6 is 24.0 Å². The normalized spacial score (nSPS) is 14.8. The maximum Gasteiger partial charge on any atom is 0.227 e. The van der Waals surface area contributed by atoms with Crippen molar-refractivity contribution in [2.45, 2.75) is 72.3 Å². The second-order valence-corrected chi connectivity index (χ2v) is 8.40. The minimum atomic E-state index is 0. The van der Waals surface area contributed by atoms with Gasteiger partial charge in [-0.2, -0.15) is 0 Å². The first-order valence-corrected chi connectivity index (χ1v) is 11.6. The van der Waals surface area contributed by atoms with E-state index in [9.17, 15) is 9.90 Å². The standard InChI is InChI=1S/C24H40N4O2.HI/c1-4-24(5-2,14-15-29)18-27-23(25-6-3)26-17-19-10-9-13-21(16-19)28-22(30)20-11-7-8-12-20;/h9-10,13,16,20,29H,4-8,11-12,14-15,17-18H2,1-3H3,(H,28,30)(H2,25,26,27);1H. The molecule has 1 aliphatic rings. The van der Waals surface area contributed by atoms with Gasteiger partial charge in [-0.25, -0.2) is 4.99 Å². The summed E-state index contributed by atoms with van der Waals surface area (Å²) < 4.78 is 0. The van der Waals surface area contributed by atoms with E-state index in [1.54, 1.807) is 0 Å². The van der Waals surface area contributed by atoms with Gasteiger partial charge in [0.05, 0.1) is 6.54 Å². The van der Waals surface area contributed by atoms with Gasteiger partial charge >= 0.3 is 0 Å². The Hall–Kier alpha value is -1.35. The number of nitrogens with one attached hydrogen (secondary N) is 3. The van der Waals surface area contributed by atoms with Gasteiger partial charge in [0.25, 0.3) is 0 Å². The maximum atomic E-state index is 12.4. The second kappa shape index (κ2) is 14.7. The van der Waals surface area contributed by atoms with Crippen LogP contribution in [0.4, 0.5) is 5.69 Å². The molecule has 0 unspecified atom stereocenters. The summed E-state index contributed by atoms with van der Waals surface area (Å²) in [7, 11) is 0. The number of carbonyl (C=O) groups is 1. The number of nitrogens with zero attached hydrogens (tertiary/aromatic N) is 1. The van der Waals surface area contributed by atoms with E-state index in [0.717, 1.165) is 75.2 Å². The Labute approximate surface area is 205 Å². The van der Waals surface area contributed by atoms with Crippen molar-refractivity contribution in [3.05, 3.63) is 29.8 Å². The quantitative estimate of drug-likeness (QED) is 0.185. The van der Waals surface area contributed by atoms with Crippen LogP contribution in [0.15, 0.2) is 29.3 Å². The molecule has 0 radical (unpaired) electrons. The van der Waals surface area contributed by atoms with Crippen LogP contribution < -0.4 is 16.0 Å². The Morgan fingerprint density at radius 2 is 1.87 bits per heavy atom. The van der Waals surface area contributed by atoms with Crippen LogP contribution in [-0.4, -0.2) is 36.7 Å². The molecule has 4 N–H and O–H groups in total. The molecule has 0 atom stereocenters. The molecule has 1 aliphatic carbocycles. The first kappa shape index (κ1) is 27.7. The number of halogens is 1. The van der Waals surface area contributed by atoms with Gasteiger partial charge in [0.2, 0.25) is 5.91 Å². The van der Waals surface area contributed by atoms with Crippen molar-refractivity contribution in [3.8, 4) is 0 Å². The predicted octanol–water partition coefficient (Wildman–Crippen LogP) is 4.68.